The van der Waals surface area contributed by atoms with Gasteiger partial charge in [0.05, 0.1) is 6.61 Å². The molecular weight excluding hydrogens is 295 g/mol. The van der Waals surface area contributed by atoms with Gasteiger partial charge in [0.1, 0.15) is 5.75 Å². The van der Waals surface area contributed by atoms with Gasteiger partial charge in [0.15, 0.2) is 0 Å². The molecule has 0 heterocycles. The van der Waals surface area contributed by atoms with Gasteiger partial charge in [0, 0.05) is 3.57 Å². The average molecular weight is 308 g/mol. The molecule has 0 atom stereocenters. The maximum Gasteiger partial charge on any atom is 0.119 e. The van der Waals surface area contributed by atoms with Crippen molar-refractivity contribution in [3.63, 3.8) is 0 Å². The predicted molar refractivity (Wildman–Crippen MR) is 67.7 cm³/mol. The van der Waals surface area contributed by atoms with Crippen molar-refractivity contribution in [2.45, 2.75) is 6.42 Å². The summed E-state index contributed by atoms with van der Waals surface area (Å²) in [6.45, 7) is 0.821. The minimum absolute atomic E-state index is 0.821. The van der Waals surface area contributed by atoms with Gasteiger partial charge in [0.25, 0.3) is 0 Å². The van der Waals surface area contributed by atoms with Crippen LogP contribution in [-0.4, -0.2) is 18.6 Å². The van der Waals surface area contributed by atoms with Crippen LogP contribution in [0.4, 0.5) is 0 Å². The number of ether oxygens (including phenoxy) is 1. The van der Waals surface area contributed by atoms with Crippen molar-refractivity contribution in [2.24, 2.45) is 0 Å². The highest BCUT2D eigenvalue weighted by Crippen LogP contribution is 2.13. The van der Waals surface area contributed by atoms with Gasteiger partial charge in [-0.1, -0.05) is 0 Å². The second-order valence-corrected chi connectivity index (χ2v) is 4.88. The first-order valence-electron chi connectivity index (χ1n) is 4.20. The van der Waals surface area contributed by atoms with E-state index in [9.17, 15) is 0 Å². The molecule has 1 rings (SSSR count). The maximum atomic E-state index is 5.55. The fraction of sp³-hybridized carbons (Fsp3) is 0.400. The highest BCUT2D eigenvalue weighted by Gasteiger charge is 1.92. The molecule has 0 aromatic heterocycles. The molecule has 1 aromatic rings. The lowest BCUT2D eigenvalue weighted by Gasteiger charge is -2.04. The largest absolute Gasteiger partial charge is 0.494 e. The van der Waals surface area contributed by atoms with Gasteiger partial charge in [-0.05, 0) is 65.3 Å². The highest BCUT2D eigenvalue weighted by molar-refractivity contribution is 14.1. The third-order valence-corrected chi connectivity index (χ3v) is 2.99. The monoisotopic (exact) mass is 308 g/mol. The summed E-state index contributed by atoms with van der Waals surface area (Å²) in [7, 11) is 0. The molecule has 0 amide bonds. The first-order valence-corrected chi connectivity index (χ1v) is 6.67. The predicted octanol–water partition coefficient (Wildman–Crippen LogP) is 3.42. The first-order chi connectivity index (χ1) is 6.33. The number of hydrogen-bond acceptors (Lipinski definition) is 2. The molecule has 0 bridgehead atoms. The van der Waals surface area contributed by atoms with Crippen molar-refractivity contribution in [3.8, 4) is 5.75 Å². The molecular formula is C10H13IOS. The molecule has 1 nitrogen and oxygen atoms in total. The van der Waals surface area contributed by atoms with Crippen molar-refractivity contribution in [3.05, 3.63) is 27.8 Å². The lowest BCUT2D eigenvalue weighted by Crippen LogP contribution is -1.98. The van der Waals surface area contributed by atoms with Crippen molar-refractivity contribution in [1.82, 2.24) is 0 Å². The molecule has 3 heteroatoms. The second kappa shape index (κ2) is 6.54. The number of hydrogen-bond donors (Lipinski definition) is 0. The van der Waals surface area contributed by atoms with Crippen molar-refractivity contribution in [1.29, 1.82) is 0 Å². The third kappa shape index (κ3) is 4.76. The maximum absolute atomic E-state index is 5.55. The number of halogens is 1. The van der Waals surface area contributed by atoms with E-state index in [1.54, 1.807) is 0 Å². The van der Waals surface area contributed by atoms with E-state index in [4.69, 9.17) is 4.74 Å². The van der Waals surface area contributed by atoms with Crippen LogP contribution in [-0.2, 0) is 0 Å². The van der Waals surface area contributed by atoms with Crippen LogP contribution in [0, 0.1) is 3.57 Å². The zero-order chi connectivity index (χ0) is 9.52. The Morgan fingerprint density at radius 3 is 2.62 bits per heavy atom. The molecule has 0 unspecified atom stereocenters. The van der Waals surface area contributed by atoms with E-state index < -0.39 is 0 Å². The zero-order valence-corrected chi connectivity index (χ0v) is 10.6. The Morgan fingerprint density at radius 2 is 2.00 bits per heavy atom. The topological polar surface area (TPSA) is 9.23 Å². The second-order valence-electron chi connectivity index (χ2n) is 2.65. The molecule has 0 N–H and O–H groups in total. The third-order valence-electron chi connectivity index (χ3n) is 1.58. The molecule has 0 saturated heterocycles. The van der Waals surface area contributed by atoms with E-state index in [-0.39, 0.29) is 0 Å². The Morgan fingerprint density at radius 1 is 1.31 bits per heavy atom. The van der Waals surface area contributed by atoms with Crippen molar-refractivity contribution >= 4 is 34.4 Å². The molecule has 0 fully saturated rings. The van der Waals surface area contributed by atoms with Crippen LogP contribution in [0.1, 0.15) is 6.42 Å². The van der Waals surface area contributed by atoms with Crippen LogP contribution in [0.25, 0.3) is 0 Å². The normalized spacial score (nSPS) is 10.0. The Kier molecular flexibility index (Phi) is 5.62. The van der Waals surface area contributed by atoms with Gasteiger partial charge < -0.3 is 4.74 Å². The summed E-state index contributed by atoms with van der Waals surface area (Å²) in [5, 5.41) is 0. The number of rotatable bonds is 5. The van der Waals surface area contributed by atoms with Gasteiger partial charge in [0.2, 0.25) is 0 Å². The fourth-order valence-corrected chi connectivity index (χ4v) is 1.69. The fourth-order valence-electron chi connectivity index (χ4n) is 0.924. The lowest BCUT2D eigenvalue weighted by molar-refractivity contribution is 0.318. The SMILES string of the molecule is CSCCCOc1ccc(I)cc1. The van der Waals surface area contributed by atoms with E-state index in [1.165, 1.54) is 9.32 Å². The summed E-state index contributed by atoms with van der Waals surface area (Å²) < 4.78 is 6.79. The quantitative estimate of drug-likeness (QED) is 0.609. The van der Waals surface area contributed by atoms with E-state index >= 15 is 0 Å². The van der Waals surface area contributed by atoms with Crippen molar-refractivity contribution in [2.75, 3.05) is 18.6 Å². The van der Waals surface area contributed by atoms with Gasteiger partial charge in [-0.25, -0.2) is 0 Å². The highest BCUT2D eigenvalue weighted by atomic mass is 127. The van der Waals surface area contributed by atoms with E-state index in [0.29, 0.717) is 0 Å². The van der Waals surface area contributed by atoms with Gasteiger partial charge in [-0.15, -0.1) is 0 Å². The van der Waals surface area contributed by atoms with Gasteiger partial charge >= 0.3 is 0 Å². The van der Waals surface area contributed by atoms with Crippen LogP contribution in [0.3, 0.4) is 0 Å². The lowest BCUT2D eigenvalue weighted by atomic mass is 10.3. The van der Waals surface area contributed by atoms with Crippen LogP contribution >= 0.6 is 34.4 Å². The molecule has 0 aliphatic rings. The summed E-state index contributed by atoms with van der Waals surface area (Å²) in [6, 6.07) is 8.15. The molecule has 0 spiro atoms. The molecule has 0 aliphatic carbocycles. The molecule has 13 heavy (non-hydrogen) atoms. The zero-order valence-electron chi connectivity index (χ0n) is 7.63. The Balaban J connectivity index is 2.25. The Labute approximate surface area is 97.4 Å². The number of thioether (sulfide) groups is 1. The molecule has 0 aliphatic heterocycles. The summed E-state index contributed by atoms with van der Waals surface area (Å²) in [4.78, 5) is 0. The summed E-state index contributed by atoms with van der Waals surface area (Å²) in [5.41, 5.74) is 0. The van der Waals surface area contributed by atoms with E-state index in [2.05, 4.69) is 41.0 Å². The Hall–Kier alpha value is 0.1000. The Bertz CT molecular complexity index is 235. The first kappa shape index (κ1) is 11.2. The summed E-state index contributed by atoms with van der Waals surface area (Å²) in [5.74, 6) is 2.14. The average Bonchev–Trinajstić information content (AvgIpc) is 2.15. The molecule has 0 radical (unpaired) electrons. The summed E-state index contributed by atoms with van der Waals surface area (Å²) >= 11 is 4.15. The summed E-state index contributed by atoms with van der Waals surface area (Å²) in [6.07, 6.45) is 3.23. The van der Waals surface area contributed by atoms with Gasteiger partial charge in [-0.2, -0.15) is 11.8 Å². The van der Waals surface area contributed by atoms with Crippen LogP contribution < -0.4 is 4.74 Å². The van der Waals surface area contributed by atoms with Crippen molar-refractivity contribution < 1.29 is 4.74 Å². The van der Waals surface area contributed by atoms with E-state index in [0.717, 1.165) is 18.8 Å². The smallest absolute Gasteiger partial charge is 0.119 e. The minimum Gasteiger partial charge on any atom is -0.494 e. The molecule has 1 aromatic carbocycles. The molecule has 0 saturated carbocycles. The van der Waals surface area contributed by atoms with Crippen LogP contribution in [0.2, 0.25) is 0 Å². The van der Waals surface area contributed by atoms with E-state index in [1.807, 2.05) is 23.9 Å². The standard InChI is InChI=1S/C10H13IOS/c1-13-8-2-7-12-10-5-3-9(11)4-6-10/h3-6H,2,7-8H2,1H3. The molecule has 72 valence electrons. The number of benzene rings is 1. The van der Waals surface area contributed by atoms with Crippen LogP contribution in [0.15, 0.2) is 24.3 Å². The minimum atomic E-state index is 0.821. The van der Waals surface area contributed by atoms with Gasteiger partial charge in [-0.3, -0.25) is 0 Å². The van der Waals surface area contributed by atoms with Crippen LogP contribution in [0.5, 0.6) is 5.75 Å².